The third-order valence-electron chi connectivity index (χ3n) is 4.45. The molecule has 0 spiro atoms. The highest BCUT2D eigenvalue weighted by atomic mass is 16.5. The van der Waals surface area contributed by atoms with Gasteiger partial charge in [-0.15, -0.1) is 0 Å². The summed E-state index contributed by atoms with van der Waals surface area (Å²) in [5.74, 6) is -0.463. The number of esters is 2. The van der Waals surface area contributed by atoms with Gasteiger partial charge in [0.05, 0.1) is 19.1 Å². The topological polar surface area (TPSA) is 105 Å². The lowest BCUT2D eigenvalue weighted by Crippen LogP contribution is -2.34. The van der Waals surface area contributed by atoms with Crippen molar-refractivity contribution in [2.75, 3.05) is 19.8 Å². The van der Waals surface area contributed by atoms with Crippen LogP contribution >= 0.6 is 0 Å². The van der Waals surface area contributed by atoms with E-state index in [1.165, 1.54) is 19.3 Å². The van der Waals surface area contributed by atoms with E-state index in [9.17, 15) is 9.59 Å². The molecule has 0 aliphatic carbocycles. The third kappa shape index (κ3) is 13.1. The average molecular weight is 373 g/mol. The quantitative estimate of drug-likeness (QED) is 0.300. The number of carbonyl (C=O) groups excluding carboxylic acids is 2. The fourth-order valence-electron chi connectivity index (χ4n) is 2.72. The molecule has 0 bridgehead atoms. The molecule has 4 N–H and O–H groups in total. The molecule has 0 aliphatic rings. The van der Waals surface area contributed by atoms with E-state index < -0.39 is 12.0 Å². The largest absolute Gasteiger partial charge is 0.465 e. The second-order valence-electron chi connectivity index (χ2n) is 6.91. The summed E-state index contributed by atoms with van der Waals surface area (Å²) in [6, 6.07) is -0.648. The molecule has 0 aromatic heterocycles. The SMILES string of the molecule is CCCCCCC(CCCC)C(=O)OCCCCOC(=O)[C@@H](N)CCN. The van der Waals surface area contributed by atoms with Gasteiger partial charge in [0, 0.05) is 0 Å². The van der Waals surface area contributed by atoms with Crippen LogP contribution in [0.2, 0.25) is 0 Å². The van der Waals surface area contributed by atoms with Crippen LogP contribution in [0.3, 0.4) is 0 Å². The van der Waals surface area contributed by atoms with Gasteiger partial charge in [0.15, 0.2) is 0 Å². The van der Waals surface area contributed by atoms with Crippen LogP contribution in [0.1, 0.15) is 84.5 Å². The molecule has 0 aliphatic heterocycles. The van der Waals surface area contributed by atoms with Crippen LogP contribution in [0.5, 0.6) is 0 Å². The van der Waals surface area contributed by atoms with E-state index in [0.29, 0.717) is 39.0 Å². The van der Waals surface area contributed by atoms with Crippen molar-refractivity contribution in [2.24, 2.45) is 17.4 Å². The lowest BCUT2D eigenvalue weighted by atomic mass is 9.95. The van der Waals surface area contributed by atoms with Gasteiger partial charge < -0.3 is 20.9 Å². The van der Waals surface area contributed by atoms with E-state index in [1.54, 1.807) is 0 Å². The van der Waals surface area contributed by atoms with E-state index in [-0.39, 0.29) is 11.9 Å². The first-order chi connectivity index (χ1) is 12.6. The highest BCUT2D eigenvalue weighted by Crippen LogP contribution is 2.19. The zero-order valence-electron chi connectivity index (χ0n) is 16.8. The monoisotopic (exact) mass is 372 g/mol. The molecule has 0 fully saturated rings. The van der Waals surface area contributed by atoms with Gasteiger partial charge in [0.2, 0.25) is 0 Å². The molecule has 0 amide bonds. The number of carbonyl (C=O) groups is 2. The molecule has 0 saturated heterocycles. The minimum atomic E-state index is -0.648. The van der Waals surface area contributed by atoms with Crippen molar-refractivity contribution in [3.63, 3.8) is 0 Å². The van der Waals surface area contributed by atoms with E-state index in [1.807, 2.05) is 0 Å². The summed E-state index contributed by atoms with van der Waals surface area (Å²) < 4.78 is 10.5. The first kappa shape index (κ1) is 24.9. The number of ether oxygens (including phenoxy) is 2. The molecule has 1 unspecified atom stereocenters. The lowest BCUT2D eigenvalue weighted by Gasteiger charge is -2.16. The van der Waals surface area contributed by atoms with Gasteiger partial charge in [-0.1, -0.05) is 52.4 Å². The standard InChI is InChI=1S/C20H40N2O4/c1-3-5-7-8-12-17(11-6-4-2)19(23)25-15-9-10-16-26-20(24)18(22)13-14-21/h17-18H,3-16,21-22H2,1-2H3/t17?,18-/m0/s1. The second kappa shape index (κ2) is 17.3. The number of hydrogen-bond acceptors (Lipinski definition) is 6. The van der Waals surface area contributed by atoms with E-state index >= 15 is 0 Å². The molecule has 26 heavy (non-hydrogen) atoms. The Morgan fingerprint density at radius 3 is 1.92 bits per heavy atom. The normalized spacial score (nSPS) is 13.2. The Hall–Kier alpha value is -1.14. The molecule has 154 valence electrons. The van der Waals surface area contributed by atoms with Gasteiger partial charge in [-0.05, 0) is 38.6 Å². The molecule has 6 nitrogen and oxygen atoms in total. The highest BCUT2D eigenvalue weighted by molar-refractivity contribution is 5.75. The first-order valence-corrected chi connectivity index (χ1v) is 10.4. The van der Waals surface area contributed by atoms with Crippen LogP contribution < -0.4 is 11.5 Å². The summed E-state index contributed by atoms with van der Waals surface area (Å²) in [7, 11) is 0. The third-order valence-corrected chi connectivity index (χ3v) is 4.45. The van der Waals surface area contributed by atoms with Crippen LogP contribution in [0.4, 0.5) is 0 Å². The fourth-order valence-corrected chi connectivity index (χ4v) is 2.72. The maximum atomic E-state index is 12.3. The Labute approximate surface area is 159 Å². The predicted octanol–water partition coefficient (Wildman–Crippen LogP) is 3.31. The molecule has 2 atom stereocenters. The van der Waals surface area contributed by atoms with Crippen molar-refractivity contribution in [2.45, 2.75) is 90.5 Å². The van der Waals surface area contributed by atoms with E-state index in [0.717, 1.165) is 32.1 Å². The smallest absolute Gasteiger partial charge is 0.322 e. The minimum absolute atomic E-state index is 0.0268. The summed E-state index contributed by atoms with van der Waals surface area (Å²) >= 11 is 0. The van der Waals surface area contributed by atoms with Crippen LogP contribution in [-0.2, 0) is 19.1 Å². The van der Waals surface area contributed by atoms with Crippen LogP contribution in [0.25, 0.3) is 0 Å². The zero-order valence-corrected chi connectivity index (χ0v) is 16.8. The minimum Gasteiger partial charge on any atom is -0.465 e. The summed E-state index contributed by atoms with van der Waals surface area (Å²) in [5.41, 5.74) is 11.0. The van der Waals surface area contributed by atoms with E-state index in [4.69, 9.17) is 20.9 Å². The van der Waals surface area contributed by atoms with Crippen molar-refractivity contribution in [1.82, 2.24) is 0 Å². The molecule has 0 aromatic carbocycles. The molecule has 0 aromatic rings. The summed E-state index contributed by atoms with van der Waals surface area (Å²) in [4.78, 5) is 23.8. The Balaban J connectivity index is 3.90. The lowest BCUT2D eigenvalue weighted by molar-refractivity contribution is -0.150. The number of hydrogen-bond donors (Lipinski definition) is 2. The zero-order chi connectivity index (χ0) is 19.6. The number of unbranched alkanes of at least 4 members (excludes halogenated alkanes) is 5. The molecule has 0 heterocycles. The Bertz CT molecular complexity index is 364. The van der Waals surface area contributed by atoms with Gasteiger partial charge in [0.1, 0.15) is 6.04 Å². The van der Waals surface area contributed by atoms with Crippen molar-refractivity contribution >= 4 is 11.9 Å². The second-order valence-corrected chi connectivity index (χ2v) is 6.91. The summed E-state index contributed by atoms with van der Waals surface area (Å²) in [5, 5.41) is 0. The number of nitrogens with two attached hydrogens (primary N) is 2. The maximum Gasteiger partial charge on any atom is 0.322 e. The van der Waals surface area contributed by atoms with E-state index in [2.05, 4.69) is 13.8 Å². The first-order valence-electron chi connectivity index (χ1n) is 10.4. The van der Waals surface area contributed by atoms with Gasteiger partial charge in [-0.2, -0.15) is 0 Å². The Kier molecular flexibility index (Phi) is 16.5. The van der Waals surface area contributed by atoms with Gasteiger partial charge in [-0.25, -0.2) is 0 Å². The summed E-state index contributed by atoms with van der Waals surface area (Å²) in [6.07, 6.45) is 10.5. The molecular weight excluding hydrogens is 332 g/mol. The highest BCUT2D eigenvalue weighted by Gasteiger charge is 2.19. The summed E-state index contributed by atoms with van der Waals surface area (Å²) in [6.45, 7) is 5.36. The molecule has 6 heteroatoms. The van der Waals surface area contributed by atoms with Crippen LogP contribution in [0, 0.1) is 5.92 Å². The Morgan fingerprint density at radius 1 is 0.769 bits per heavy atom. The predicted molar refractivity (Wildman–Crippen MR) is 105 cm³/mol. The fraction of sp³-hybridized carbons (Fsp3) is 0.900. The van der Waals surface area contributed by atoms with Crippen molar-refractivity contribution in [3.8, 4) is 0 Å². The van der Waals surface area contributed by atoms with Crippen molar-refractivity contribution < 1.29 is 19.1 Å². The average Bonchev–Trinajstić information content (AvgIpc) is 2.63. The molecule has 0 saturated carbocycles. The van der Waals surface area contributed by atoms with Crippen LogP contribution in [0.15, 0.2) is 0 Å². The molecule has 0 radical (unpaired) electrons. The van der Waals surface area contributed by atoms with Crippen molar-refractivity contribution in [1.29, 1.82) is 0 Å². The van der Waals surface area contributed by atoms with Gasteiger partial charge in [0.25, 0.3) is 0 Å². The number of rotatable bonds is 17. The van der Waals surface area contributed by atoms with Gasteiger partial charge >= 0.3 is 11.9 Å². The van der Waals surface area contributed by atoms with Gasteiger partial charge in [-0.3, -0.25) is 9.59 Å². The van der Waals surface area contributed by atoms with Crippen LogP contribution in [-0.4, -0.2) is 37.7 Å². The van der Waals surface area contributed by atoms with Crippen molar-refractivity contribution in [3.05, 3.63) is 0 Å². The molecule has 0 rings (SSSR count). The maximum absolute atomic E-state index is 12.3. The molecular formula is C20H40N2O4. The Morgan fingerprint density at radius 2 is 1.35 bits per heavy atom.